The number of hydrogen-bond acceptors (Lipinski definition) is 3. The quantitative estimate of drug-likeness (QED) is 0.870. The minimum atomic E-state index is -0.148. The molecular formula is C16H22BrN3O. The largest absolute Gasteiger partial charge is 0.353 e. The van der Waals surface area contributed by atoms with E-state index in [2.05, 4.69) is 37.5 Å². The number of carbonyl (C=O) groups excluding carboxylic acids is 1. The summed E-state index contributed by atoms with van der Waals surface area (Å²) in [6.07, 6.45) is 2.44. The number of piperazine rings is 1. The van der Waals surface area contributed by atoms with Crippen molar-refractivity contribution in [2.45, 2.75) is 18.9 Å². The Morgan fingerprint density at radius 1 is 1.33 bits per heavy atom. The third kappa shape index (κ3) is 3.65. The van der Waals surface area contributed by atoms with Gasteiger partial charge in [-0.2, -0.15) is 0 Å². The Kier molecular flexibility index (Phi) is 4.93. The maximum Gasteiger partial charge on any atom is 0.242 e. The van der Waals surface area contributed by atoms with E-state index in [0.717, 1.165) is 48.7 Å². The highest BCUT2D eigenvalue weighted by Crippen LogP contribution is 2.26. The number of nitrogens with zero attached hydrogens (tertiary/aromatic N) is 1. The molecule has 21 heavy (non-hydrogen) atoms. The molecule has 2 aliphatic rings. The molecule has 3 rings (SSSR count). The predicted molar refractivity (Wildman–Crippen MR) is 87.1 cm³/mol. The van der Waals surface area contributed by atoms with Gasteiger partial charge in [-0.25, -0.2) is 0 Å². The van der Waals surface area contributed by atoms with Crippen LogP contribution in [0, 0.1) is 5.92 Å². The summed E-state index contributed by atoms with van der Waals surface area (Å²) in [4.78, 5) is 14.7. The molecule has 0 aliphatic carbocycles. The molecule has 2 aliphatic heterocycles. The van der Waals surface area contributed by atoms with Gasteiger partial charge in [-0.15, -0.1) is 0 Å². The third-order valence-corrected chi connectivity index (χ3v) is 4.96. The smallest absolute Gasteiger partial charge is 0.242 e. The second kappa shape index (κ2) is 6.90. The fourth-order valence-corrected chi connectivity index (χ4v) is 3.72. The minimum Gasteiger partial charge on any atom is -0.353 e. The van der Waals surface area contributed by atoms with Crippen molar-refractivity contribution in [3.8, 4) is 0 Å². The Morgan fingerprint density at radius 2 is 2.24 bits per heavy atom. The Bertz CT molecular complexity index is 502. The predicted octanol–water partition coefficient (Wildman–Crippen LogP) is 1.92. The lowest BCUT2D eigenvalue weighted by atomic mass is 10.00. The van der Waals surface area contributed by atoms with E-state index in [9.17, 15) is 4.79 Å². The number of rotatable bonds is 4. The lowest BCUT2D eigenvalue weighted by Gasteiger charge is -2.35. The minimum absolute atomic E-state index is 0.129. The van der Waals surface area contributed by atoms with Crippen molar-refractivity contribution in [2.24, 2.45) is 5.92 Å². The van der Waals surface area contributed by atoms with E-state index >= 15 is 0 Å². The van der Waals surface area contributed by atoms with Crippen molar-refractivity contribution in [1.82, 2.24) is 15.5 Å². The molecule has 1 amide bonds. The highest BCUT2D eigenvalue weighted by Gasteiger charge is 2.31. The standard InChI is InChI=1S/C16H22BrN3O/c17-14-3-1-2-13(10-14)15-16(21)19-7-9-20(15)8-5-12-4-6-18-11-12/h1-3,10,12,15,18H,4-9,11H2,(H,19,21). The lowest BCUT2D eigenvalue weighted by Crippen LogP contribution is -2.50. The molecule has 0 aromatic heterocycles. The van der Waals surface area contributed by atoms with Crippen LogP contribution in [0.1, 0.15) is 24.4 Å². The van der Waals surface area contributed by atoms with Gasteiger partial charge < -0.3 is 10.6 Å². The summed E-state index contributed by atoms with van der Waals surface area (Å²) in [5, 5.41) is 6.41. The van der Waals surface area contributed by atoms with Gasteiger partial charge in [0.2, 0.25) is 5.91 Å². The average molecular weight is 352 g/mol. The molecule has 0 spiro atoms. The number of benzene rings is 1. The molecule has 2 unspecified atom stereocenters. The van der Waals surface area contributed by atoms with Crippen molar-refractivity contribution in [3.63, 3.8) is 0 Å². The van der Waals surface area contributed by atoms with E-state index in [-0.39, 0.29) is 11.9 Å². The fraction of sp³-hybridized carbons (Fsp3) is 0.562. The molecule has 1 aromatic rings. The van der Waals surface area contributed by atoms with Crippen molar-refractivity contribution in [2.75, 3.05) is 32.7 Å². The lowest BCUT2D eigenvalue weighted by molar-refractivity contribution is -0.129. The molecule has 0 radical (unpaired) electrons. The van der Waals surface area contributed by atoms with Crippen LogP contribution in [-0.2, 0) is 4.79 Å². The van der Waals surface area contributed by atoms with Gasteiger partial charge in [0.25, 0.3) is 0 Å². The second-order valence-corrected chi connectivity index (χ2v) is 6.85. The van der Waals surface area contributed by atoms with E-state index in [1.807, 2.05) is 18.2 Å². The summed E-state index contributed by atoms with van der Waals surface area (Å²) in [5.74, 6) is 0.891. The van der Waals surface area contributed by atoms with Gasteiger partial charge >= 0.3 is 0 Å². The first-order valence-electron chi connectivity index (χ1n) is 7.72. The van der Waals surface area contributed by atoms with Crippen LogP contribution in [0.3, 0.4) is 0 Å². The average Bonchev–Trinajstić information content (AvgIpc) is 2.98. The molecular weight excluding hydrogens is 330 g/mol. The summed E-state index contributed by atoms with van der Waals surface area (Å²) in [6.45, 7) is 4.95. The molecule has 0 saturated carbocycles. The van der Waals surface area contributed by atoms with E-state index in [0.29, 0.717) is 0 Å². The van der Waals surface area contributed by atoms with Gasteiger partial charge in [0.05, 0.1) is 0 Å². The van der Waals surface area contributed by atoms with Gasteiger partial charge in [0, 0.05) is 17.6 Å². The summed E-state index contributed by atoms with van der Waals surface area (Å²) < 4.78 is 1.03. The van der Waals surface area contributed by atoms with E-state index < -0.39 is 0 Å². The Balaban J connectivity index is 1.71. The maximum atomic E-state index is 12.3. The van der Waals surface area contributed by atoms with Crippen LogP contribution in [0.2, 0.25) is 0 Å². The molecule has 2 saturated heterocycles. The SMILES string of the molecule is O=C1NCCN(CCC2CCNC2)C1c1cccc(Br)c1. The first-order valence-corrected chi connectivity index (χ1v) is 8.51. The third-order valence-electron chi connectivity index (χ3n) is 4.46. The van der Waals surface area contributed by atoms with E-state index in [1.165, 1.54) is 12.8 Å². The van der Waals surface area contributed by atoms with Crippen LogP contribution in [0.4, 0.5) is 0 Å². The fourth-order valence-electron chi connectivity index (χ4n) is 3.30. The molecule has 4 nitrogen and oxygen atoms in total. The monoisotopic (exact) mass is 351 g/mol. The summed E-state index contributed by atoms with van der Waals surface area (Å²) >= 11 is 3.50. The van der Waals surface area contributed by atoms with Crippen LogP contribution < -0.4 is 10.6 Å². The highest BCUT2D eigenvalue weighted by molar-refractivity contribution is 9.10. The van der Waals surface area contributed by atoms with Crippen LogP contribution in [0.5, 0.6) is 0 Å². The summed E-state index contributed by atoms with van der Waals surface area (Å²) in [5.41, 5.74) is 1.08. The van der Waals surface area contributed by atoms with Crippen LogP contribution >= 0.6 is 15.9 Å². The number of amides is 1. The Morgan fingerprint density at radius 3 is 3.00 bits per heavy atom. The highest BCUT2D eigenvalue weighted by atomic mass is 79.9. The molecule has 2 atom stereocenters. The molecule has 114 valence electrons. The Labute approximate surface area is 134 Å². The van der Waals surface area contributed by atoms with Crippen molar-refractivity contribution < 1.29 is 4.79 Å². The van der Waals surface area contributed by atoms with E-state index in [4.69, 9.17) is 0 Å². The first kappa shape index (κ1) is 15.0. The second-order valence-electron chi connectivity index (χ2n) is 5.93. The summed E-state index contributed by atoms with van der Waals surface area (Å²) in [6, 6.07) is 7.95. The molecule has 2 N–H and O–H groups in total. The number of hydrogen-bond donors (Lipinski definition) is 2. The van der Waals surface area contributed by atoms with Crippen LogP contribution in [0.25, 0.3) is 0 Å². The number of halogens is 1. The van der Waals surface area contributed by atoms with Gasteiger partial charge in [0.1, 0.15) is 6.04 Å². The Hall–Kier alpha value is -0.910. The topological polar surface area (TPSA) is 44.4 Å². The van der Waals surface area contributed by atoms with Gasteiger partial charge in [-0.3, -0.25) is 9.69 Å². The van der Waals surface area contributed by atoms with Crippen molar-refractivity contribution in [3.05, 3.63) is 34.3 Å². The van der Waals surface area contributed by atoms with E-state index in [1.54, 1.807) is 0 Å². The number of carbonyl (C=O) groups is 1. The van der Waals surface area contributed by atoms with Crippen LogP contribution in [0.15, 0.2) is 28.7 Å². The molecule has 2 heterocycles. The van der Waals surface area contributed by atoms with Gasteiger partial charge in [0.15, 0.2) is 0 Å². The molecule has 1 aromatic carbocycles. The van der Waals surface area contributed by atoms with Gasteiger partial charge in [-0.1, -0.05) is 28.1 Å². The molecule has 5 heteroatoms. The normalized spacial score (nSPS) is 26.8. The summed E-state index contributed by atoms with van der Waals surface area (Å²) in [7, 11) is 0. The maximum absolute atomic E-state index is 12.3. The zero-order chi connectivity index (χ0) is 14.7. The first-order chi connectivity index (χ1) is 10.2. The van der Waals surface area contributed by atoms with Gasteiger partial charge in [-0.05, 0) is 56.1 Å². The van der Waals surface area contributed by atoms with Crippen molar-refractivity contribution >= 4 is 21.8 Å². The zero-order valence-electron chi connectivity index (χ0n) is 12.1. The number of nitrogens with one attached hydrogen (secondary N) is 2. The molecule has 0 bridgehead atoms. The van der Waals surface area contributed by atoms with Crippen LogP contribution in [-0.4, -0.2) is 43.5 Å². The van der Waals surface area contributed by atoms with Crippen molar-refractivity contribution in [1.29, 1.82) is 0 Å². The zero-order valence-corrected chi connectivity index (χ0v) is 13.7. The molecule has 2 fully saturated rings.